The summed E-state index contributed by atoms with van der Waals surface area (Å²) in [6.45, 7) is 4.50. The lowest BCUT2D eigenvalue weighted by atomic mass is 9.90. The van der Waals surface area contributed by atoms with Crippen LogP contribution in [0.1, 0.15) is 33.1 Å². The molecule has 2 nitrogen and oxygen atoms in total. The fourth-order valence-corrected chi connectivity index (χ4v) is 2.21. The Morgan fingerprint density at radius 1 is 1.45 bits per heavy atom. The predicted octanol–water partition coefficient (Wildman–Crippen LogP) is 1.86. The summed E-state index contributed by atoms with van der Waals surface area (Å²) in [5.74, 6) is 0. The van der Waals surface area contributed by atoms with Gasteiger partial charge in [0.05, 0.1) is 6.07 Å². The van der Waals surface area contributed by atoms with Crippen LogP contribution in [-0.4, -0.2) is 11.7 Å². The third kappa shape index (κ3) is 0.954. The second kappa shape index (κ2) is 1.78. The maximum Gasteiger partial charge on any atom is 0.173 e. The van der Waals surface area contributed by atoms with Crippen molar-refractivity contribution in [2.45, 2.75) is 44.8 Å². The van der Waals surface area contributed by atoms with Gasteiger partial charge < -0.3 is 4.74 Å². The van der Waals surface area contributed by atoms with Gasteiger partial charge in [-0.1, -0.05) is 13.8 Å². The van der Waals surface area contributed by atoms with Crippen LogP contribution < -0.4 is 0 Å². The Balaban J connectivity index is 2.08. The summed E-state index contributed by atoms with van der Waals surface area (Å²) in [5.41, 5.74) is 0.379. The minimum Gasteiger partial charge on any atom is -0.350 e. The van der Waals surface area contributed by atoms with Crippen molar-refractivity contribution < 1.29 is 4.74 Å². The lowest BCUT2D eigenvalue weighted by molar-refractivity contribution is 0.275. The first kappa shape index (κ1) is 7.12. The van der Waals surface area contributed by atoms with E-state index in [0.29, 0.717) is 5.41 Å². The Morgan fingerprint density at radius 2 is 2.18 bits per heavy atom. The zero-order valence-corrected chi connectivity index (χ0v) is 7.05. The third-order valence-corrected chi connectivity index (χ3v) is 2.89. The number of nitrogens with zero attached hydrogens (tertiary/aromatic N) is 1. The van der Waals surface area contributed by atoms with Gasteiger partial charge in [-0.05, 0) is 24.7 Å². The summed E-state index contributed by atoms with van der Waals surface area (Å²) in [7, 11) is 0. The van der Waals surface area contributed by atoms with Gasteiger partial charge in [-0.25, -0.2) is 0 Å². The van der Waals surface area contributed by atoms with Gasteiger partial charge in [0.2, 0.25) is 0 Å². The Morgan fingerprint density at radius 3 is 2.55 bits per heavy atom. The van der Waals surface area contributed by atoms with E-state index in [1.807, 2.05) is 0 Å². The van der Waals surface area contributed by atoms with Crippen LogP contribution in [-0.2, 0) is 4.74 Å². The van der Waals surface area contributed by atoms with Gasteiger partial charge in [-0.2, -0.15) is 5.26 Å². The highest BCUT2D eigenvalue weighted by atomic mass is 16.6. The van der Waals surface area contributed by atoms with Gasteiger partial charge in [0.25, 0.3) is 0 Å². The van der Waals surface area contributed by atoms with Crippen molar-refractivity contribution in [3.8, 4) is 6.07 Å². The molecule has 1 saturated carbocycles. The molecule has 0 aromatic rings. The highest BCUT2D eigenvalue weighted by molar-refractivity contribution is 5.18. The highest BCUT2D eigenvalue weighted by Crippen LogP contribution is 2.56. The molecule has 1 spiro atoms. The quantitative estimate of drug-likeness (QED) is 0.495. The van der Waals surface area contributed by atoms with Crippen LogP contribution in [0.25, 0.3) is 0 Å². The molecule has 0 radical (unpaired) electrons. The summed E-state index contributed by atoms with van der Waals surface area (Å²) in [6.07, 6.45) is 3.26. The molecule has 2 heteroatoms. The second-order valence-corrected chi connectivity index (χ2v) is 4.53. The van der Waals surface area contributed by atoms with Crippen LogP contribution in [0.3, 0.4) is 0 Å². The number of rotatable bonds is 0. The lowest BCUT2D eigenvalue weighted by Crippen LogP contribution is -2.12. The average molecular weight is 151 g/mol. The second-order valence-electron chi connectivity index (χ2n) is 4.53. The maximum absolute atomic E-state index is 8.63. The van der Waals surface area contributed by atoms with Gasteiger partial charge in [-0.3, -0.25) is 0 Å². The first-order valence-corrected chi connectivity index (χ1v) is 4.15. The fraction of sp³-hybridized carbons (Fsp3) is 0.889. The summed E-state index contributed by atoms with van der Waals surface area (Å²) in [4.78, 5) is 0. The van der Waals surface area contributed by atoms with E-state index in [9.17, 15) is 0 Å². The molecular weight excluding hydrogens is 138 g/mol. The average Bonchev–Trinajstić information content (AvgIpc) is 2.49. The molecule has 1 aliphatic carbocycles. The van der Waals surface area contributed by atoms with Crippen LogP contribution in [0.15, 0.2) is 0 Å². The highest BCUT2D eigenvalue weighted by Gasteiger charge is 2.62. The third-order valence-electron chi connectivity index (χ3n) is 2.89. The summed E-state index contributed by atoms with van der Waals surface area (Å²) in [5, 5.41) is 8.63. The van der Waals surface area contributed by atoms with Crippen molar-refractivity contribution in [2.75, 3.05) is 0 Å². The Labute approximate surface area is 67.2 Å². The first-order valence-electron chi connectivity index (χ1n) is 4.15. The predicted molar refractivity (Wildman–Crippen MR) is 40.8 cm³/mol. The van der Waals surface area contributed by atoms with Crippen LogP contribution in [0, 0.1) is 16.7 Å². The van der Waals surface area contributed by atoms with E-state index < -0.39 is 0 Å². The molecule has 0 aromatic heterocycles. The summed E-state index contributed by atoms with van der Waals surface area (Å²) < 4.78 is 5.39. The number of ether oxygens (including phenoxy) is 1. The standard InChI is InChI=1S/C9H13NO/c1-8(2)3-4-9(6-8)7(5-10)11-9/h7H,3-4,6H2,1-2H3. The molecule has 1 heterocycles. The molecule has 0 amide bonds. The van der Waals surface area contributed by atoms with Crippen molar-refractivity contribution in [2.24, 2.45) is 5.41 Å². The molecule has 2 atom stereocenters. The number of nitriles is 1. The minimum atomic E-state index is -0.0933. The van der Waals surface area contributed by atoms with E-state index in [2.05, 4.69) is 19.9 Å². The van der Waals surface area contributed by atoms with E-state index in [0.717, 1.165) is 12.8 Å². The molecule has 2 unspecified atom stereocenters. The molecule has 1 saturated heterocycles. The van der Waals surface area contributed by atoms with Crippen molar-refractivity contribution >= 4 is 0 Å². The van der Waals surface area contributed by atoms with Gasteiger partial charge in [-0.15, -0.1) is 0 Å². The summed E-state index contributed by atoms with van der Waals surface area (Å²) in [6, 6.07) is 2.19. The van der Waals surface area contributed by atoms with Gasteiger partial charge in [0.15, 0.2) is 6.10 Å². The number of epoxide rings is 1. The molecule has 11 heavy (non-hydrogen) atoms. The molecule has 2 rings (SSSR count). The fourth-order valence-electron chi connectivity index (χ4n) is 2.21. The van der Waals surface area contributed by atoms with E-state index in [4.69, 9.17) is 10.00 Å². The van der Waals surface area contributed by atoms with Crippen molar-refractivity contribution in [1.29, 1.82) is 5.26 Å². The van der Waals surface area contributed by atoms with Crippen molar-refractivity contribution in [3.05, 3.63) is 0 Å². The monoisotopic (exact) mass is 151 g/mol. The SMILES string of the molecule is CC1(C)CCC2(C1)OC2C#N. The Bertz CT molecular complexity index is 228. The lowest BCUT2D eigenvalue weighted by Gasteiger charge is -2.14. The first-order chi connectivity index (χ1) is 5.08. The molecule has 60 valence electrons. The van der Waals surface area contributed by atoms with E-state index in [1.165, 1.54) is 6.42 Å². The van der Waals surface area contributed by atoms with Gasteiger partial charge in [0, 0.05) is 0 Å². The zero-order chi connectivity index (χ0) is 8.11. The maximum atomic E-state index is 8.63. The number of hydrogen-bond acceptors (Lipinski definition) is 2. The van der Waals surface area contributed by atoms with Gasteiger partial charge in [0.1, 0.15) is 5.60 Å². The summed E-state index contributed by atoms with van der Waals surface area (Å²) >= 11 is 0. The molecule has 0 bridgehead atoms. The molecule has 1 aliphatic heterocycles. The van der Waals surface area contributed by atoms with Crippen LogP contribution in [0.5, 0.6) is 0 Å². The normalized spacial score (nSPS) is 45.7. The topological polar surface area (TPSA) is 36.3 Å². The molecule has 0 aromatic carbocycles. The van der Waals surface area contributed by atoms with Gasteiger partial charge >= 0.3 is 0 Å². The molecule has 0 N–H and O–H groups in total. The number of hydrogen-bond donors (Lipinski definition) is 0. The van der Waals surface area contributed by atoms with E-state index >= 15 is 0 Å². The van der Waals surface area contributed by atoms with E-state index in [-0.39, 0.29) is 11.7 Å². The van der Waals surface area contributed by atoms with Crippen LogP contribution >= 0.6 is 0 Å². The zero-order valence-electron chi connectivity index (χ0n) is 7.05. The molecule has 2 aliphatic rings. The largest absolute Gasteiger partial charge is 0.350 e. The van der Waals surface area contributed by atoms with Crippen molar-refractivity contribution in [1.82, 2.24) is 0 Å². The smallest absolute Gasteiger partial charge is 0.173 e. The van der Waals surface area contributed by atoms with Crippen molar-refractivity contribution in [3.63, 3.8) is 0 Å². The Kier molecular flexibility index (Phi) is 1.15. The van der Waals surface area contributed by atoms with E-state index in [1.54, 1.807) is 0 Å². The van der Waals surface area contributed by atoms with Crippen LogP contribution in [0.2, 0.25) is 0 Å². The minimum absolute atomic E-state index is 0.0156. The molecular formula is C9H13NO. The Hall–Kier alpha value is -0.550. The molecule has 2 fully saturated rings. The van der Waals surface area contributed by atoms with Crippen LogP contribution in [0.4, 0.5) is 0 Å².